The summed E-state index contributed by atoms with van der Waals surface area (Å²) in [4.78, 5) is 0. The third-order valence-corrected chi connectivity index (χ3v) is 7.25. The number of hydrogen-bond donors (Lipinski definition) is 0. The smallest absolute Gasteiger partial charge is 0.175 e. The molecular weight excluding hydrogens is 396 g/mol. The fraction of sp³-hybridized carbons (Fsp3) is 0.300. The largest absolute Gasteiger partial charge is 0.496 e. The minimum atomic E-state index is 0.815. The number of thioether (sulfide) groups is 2. The summed E-state index contributed by atoms with van der Waals surface area (Å²) in [6.07, 6.45) is 0. The van der Waals surface area contributed by atoms with Crippen LogP contribution in [0.4, 0.5) is 0 Å². The fourth-order valence-electron chi connectivity index (χ4n) is 2.63. The molecule has 0 saturated heterocycles. The molecule has 0 aliphatic rings. The van der Waals surface area contributed by atoms with Crippen LogP contribution in [-0.2, 0) is 11.5 Å². The van der Waals surface area contributed by atoms with E-state index in [9.17, 15) is 0 Å². The molecule has 0 radical (unpaired) electrons. The van der Waals surface area contributed by atoms with Crippen molar-refractivity contribution >= 4 is 34.9 Å². The second kappa shape index (κ2) is 9.48. The first-order valence-electron chi connectivity index (χ1n) is 8.45. The summed E-state index contributed by atoms with van der Waals surface area (Å²) in [7, 11) is 3.41. The van der Waals surface area contributed by atoms with E-state index in [1.165, 1.54) is 22.3 Å². The molecule has 0 N–H and O–H groups in total. The Bertz CT molecular complexity index is 840. The zero-order valence-corrected chi connectivity index (χ0v) is 18.3. The lowest BCUT2D eigenvalue weighted by Crippen LogP contribution is -1.91. The number of benzene rings is 2. The number of nitrogens with zero attached hydrogens (tertiary/aromatic N) is 2. The molecule has 1 aromatic heterocycles. The molecule has 0 spiro atoms. The van der Waals surface area contributed by atoms with E-state index in [0.717, 1.165) is 31.7 Å². The normalized spacial score (nSPS) is 10.8. The van der Waals surface area contributed by atoms with Crippen molar-refractivity contribution in [3.8, 4) is 11.5 Å². The van der Waals surface area contributed by atoms with Crippen molar-refractivity contribution < 1.29 is 9.47 Å². The molecular formula is C20H22N2O2S3. The summed E-state index contributed by atoms with van der Waals surface area (Å²) in [5.74, 6) is 3.46. The molecule has 0 fully saturated rings. The van der Waals surface area contributed by atoms with Crippen LogP contribution in [0.15, 0.2) is 45.1 Å². The fourth-order valence-corrected chi connectivity index (χ4v) is 5.61. The Morgan fingerprint density at radius 1 is 0.778 bits per heavy atom. The maximum absolute atomic E-state index is 5.45. The lowest BCUT2D eigenvalue weighted by Gasteiger charge is -2.08. The van der Waals surface area contributed by atoms with Crippen LogP contribution in [0.3, 0.4) is 0 Å². The molecule has 2 aromatic carbocycles. The summed E-state index contributed by atoms with van der Waals surface area (Å²) in [6, 6.07) is 12.5. The Kier molecular flexibility index (Phi) is 7.04. The van der Waals surface area contributed by atoms with Gasteiger partial charge >= 0.3 is 0 Å². The van der Waals surface area contributed by atoms with Gasteiger partial charge in [-0.05, 0) is 26.0 Å². The van der Waals surface area contributed by atoms with Crippen LogP contribution in [0.25, 0.3) is 0 Å². The predicted octanol–water partition coefficient (Wildman–Crippen LogP) is 5.76. The standard InChI is InChI=1S/C20H22N2O2S3/c1-13-5-7-17(23-3)15(9-13)11-25-19-21-22-20(27-19)26-12-16-10-14(2)6-8-18(16)24-4/h5-10H,11-12H2,1-4H3. The first-order valence-corrected chi connectivity index (χ1v) is 11.2. The number of aryl methyl sites for hydroxylation is 2. The van der Waals surface area contributed by atoms with Gasteiger partial charge < -0.3 is 9.47 Å². The van der Waals surface area contributed by atoms with E-state index in [2.05, 4.69) is 48.3 Å². The highest BCUT2D eigenvalue weighted by Gasteiger charge is 2.10. The quantitative estimate of drug-likeness (QED) is 0.434. The minimum Gasteiger partial charge on any atom is -0.496 e. The highest BCUT2D eigenvalue weighted by atomic mass is 32.2. The molecule has 3 rings (SSSR count). The van der Waals surface area contributed by atoms with Crippen LogP contribution in [0.5, 0.6) is 11.5 Å². The van der Waals surface area contributed by atoms with Crippen molar-refractivity contribution in [2.75, 3.05) is 14.2 Å². The van der Waals surface area contributed by atoms with E-state index in [1.807, 2.05) is 12.1 Å². The van der Waals surface area contributed by atoms with Gasteiger partial charge in [-0.2, -0.15) is 0 Å². The summed E-state index contributed by atoms with van der Waals surface area (Å²) in [6.45, 7) is 4.18. The van der Waals surface area contributed by atoms with Gasteiger partial charge in [-0.3, -0.25) is 0 Å². The molecule has 4 nitrogen and oxygen atoms in total. The average Bonchev–Trinajstić information content (AvgIpc) is 3.13. The molecule has 0 aliphatic carbocycles. The number of aromatic nitrogens is 2. The molecule has 0 atom stereocenters. The average molecular weight is 419 g/mol. The van der Waals surface area contributed by atoms with Crippen molar-refractivity contribution in [3.63, 3.8) is 0 Å². The van der Waals surface area contributed by atoms with Crippen molar-refractivity contribution in [1.82, 2.24) is 10.2 Å². The molecule has 1 heterocycles. The second-order valence-electron chi connectivity index (χ2n) is 6.04. The van der Waals surface area contributed by atoms with Gasteiger partial charge in [-0.1, -0.05) is 70.3 Å². The van der Waals surface area contributed by atoms with Crippen molar-refractivity contribution in [3.05, 3.63) is 58.7 Å². The molecule has 142 valence electrons. The van der Waals surface area contributed by atoms with Crippen molar-refractivity contribution in [2.45, 2.75) is 34.0 Å². The van der Waals surface area contributed by atoms with Crippen molar-refractivity contribution in [2.24, 2.45) is 0 Å². The molecule has 0 unspecified atom stereocenters. The summed E-state index contributed by atoms with van der Waals surface area (Å²) in [5, 5.41) is 8.64. The lowest BCUT2D eigenvalue weighted by atomic mass is 10.1. The third kappa shape index (κ3) is 5.40. The van der Waals surface area contributed by atoms with Crippen LogP contribution in [0.1, 0.15) is 22.3 Å². The highest BCUT2D eigenvalue weighted by Crippen LogP contribution is 2.35. The zero-order chi connectivity index (χ0) is 19.2. The summed E-state index contributed by atoms with van der Waals surface area (Å²) < 4.78 is 12.8. The minimum absolute atomic E-state index is 0.815. The molecule has 0 bridgehead atoms. The topological polar surface area (TPSA) is 44.2 Å². The lowest BCUT2D eigenvalue weighted by molar-refractivity contribution is 0.411. The molecule has 0 saturated carbocycles. The van der Waals surface area contributed by atoms with E-state index in [1.54, 1.807) is 49.1 Å². The monoisotopic (exact) mass is 418 g/mol. The predicted molar refractivity (Wildman–Crippen MR) is 114 cm³/mol. The van der Waals surface area contributed by atoms with E-state index in [4.69, 9.17) is 9.47 Å². The number of methoxy groups -OCH3 is 2. The molecule has 0 amide bonds. The van der Waals surface area contributed by atoms with Gasteiger partial charge in [-0.25, -0.2) is 0 Å². The number of rotatable bonds is 8. The van der Waals surface area contributed by atoms with Crippen LogP contribution in [-0.4, -0.2) is 24.4 Å². The van der Waals surface area contributed by atoms with Gasteiger partial charge in [0, 0.05) is 22.6 Å². The van der Waals surface area contributed by atoms with Crippen LogP contribution >= 0.6 is 34.9 Å². The van der Waals surface area contributed by atoms with E-state index < -0.39 is 0 Å². The van der Waals surface area contributed by atoms with Crippen LogP contribution in [0.2, 0.25) is 0 Å². The van der Waals surface area contributed by atoms with Gasteiger partial charge in [0.25, 0.3) is 0 Å². The molecule has 0 aliphatic heterocycles. The van der Waals surface area contributed by atoms with E-state index in [0.29, 0.717) is 0 Å². The molecule has 27 heavy (non-hydrogen) atoms. The Labute approximate surface area is 172 Å². The summed E-state index contributed by atoms with van der Waals surface area (Å²) >= 11 is 5.01. The Hall–Kier alpha value is -1.70. The third-order valence-electron chi connectivity index (χ3n) is 3.96. The highest BCUT2D eigenvalue weighted by molar-refractivity contribution is 8.02. The van der Waals surface area contributed by atoms with E-state index >= 15 is 0 Å². The second-order valence-corrected chi connectivity index (χ2v) is 9.46. The Morgan fingerprint density at radius 3 is 1.63 bits per heavy atom. The maximum atomic E-state index is 5.45. The van der Waals surface area contributed by atoms with Gasteiger partial charge in [0.15, 0.2) is 8.68 Å². The molecule has 7 heteroatoms. The first-order chi connectivity index (χ1) is 13.1. The number of ether oxygens (including phenoxy) is 2. The van der Waals surface area contributed by atoms with Gasteiger partial charge in [-0.15, -0.1) is 10.2 Å². The molecule has 3 aromatic rings. The van der Waals surface area contributed by atoms with Gasteiger partial charge in [0.05, 0.1) is 14.2 Å². The number of hydrogen-bond acceptors (Lipinski definition) is 7. The van der Waals surface area contributed by atoms with Gasteiger partial charge in [0.1, 0.15) is 11.5 Å². The summed E-state index contributed by atoms with van der Waals surface area (Å²) in [5.41, 5.74) is 4.81. The Morgan fingerprint density at radius 2 is 1.22 bits per heavy atom. The van der Waals surface area contributed by atoms with E-state index in [-0.39, 0.29) is 0 Å². The Balaban J connectivity index is 1.61. The zero-order valence-electron chi connectivity index (χ0n) is 15.8. The SMILES string of the molecule is COc1ccc(C)cc1CSc1nnc(SCc2cc(C)ccc2OC)s1. The first kappa shape index (κ1) is 20.0. The maximum Gasteiger partial charge on any atom is 0.175 e. The van der Waals surface area contributed by atoms with Crippen molar-refractivity contribution in [1.29, 1.82) is 0 Å². The van der Waals surface area contributed by atoms with Gasteiger partial charge in [0.2, 0.25) is 0 Å². The van der Waals surface area contributed by atoms with Crippen LogP contribution < -0.4 is 9.47 Å². The van der Waals surface area contributed by atoms with Crippen LogP contribution in [0, 0.1) is 13.8 Å².